The predicted octanol–water partition coefficient (Wildman–Crippen LogP) is 20.2. The van der Waals surface area contributed by atoms with Gasteiger partial charge in [0, 0.05) is 19.3 Å². The summed E-state index contributed by atoms with van der Waals surface area (Å²) in [6.07, 6.45) is 74.6. The lowest BCUT2D eigenvalue weighted by Crippen LogP contribution is -2.30. The summed E-state index contributed by atoms with van der Waals surface area (Å²) in [6, 6.07) is 0. The Kier molecular flexibility index (Phi) is 55.8. The Morgan fingerprint density at radius 1 is 0.300 bits per heavy atom. The Hall–Kier alpha value is -3.15. The van der Waals surface area contributed by atoms with Gasteiger partial charge in [0.1, 0.15) is 13.2 Å². The van der Waals surface area contributed by atoms with E-state index in [0.717, 1.165) is 103 Å². The second kappa shape index (κ2) is 58.4. The first-order valence-corrected chi connectivity index (χ1v) is 29.9. The first-order valence-electron chi connectivity index (χ1n) is 29.9. The van der Waals surface area contributed by atoms with E-state index >= 15 is 0 Å². The van der Waals surface area contributed by atoms with Crippen LogP contribution < -0.4 is 0 Å². The molecule has 1 unspecified atom stereocenters. The third kappa shape index (κ3) is 55.8. The van der Waals surface area contributed by atoms with Crippen molar-refractivity contribution in [3.05, 3.63) is 72.9 Å². The van der Waals surface area contributed by atoms with Crippen LogP contribution in [0.25, 0.3) is 0 Å². The van der Waals surface area contributed by atoms with E-state index in [1.807, 2.05) is 0 Å². The molecule has 70 heavy (non-hydrogen) atoms. The van der Waals surface area contributed by atoms with E-state index in [-0.39, 0.29) is 31.1 Å². The summed E-state index contributed by atoms with van der Waals surface area (Å²) in [6.45, 7) is 6.50. The number of allylic oxidation sites excluding steroid dienone is 12. The largest absolute Gasteiger partial charge is 0.462 e. The molecule has 0 fully saturated rings. The SMILES string of the molecule is CC/C=C\C/C=C\C/C=C\C/C=C\CCCCCCCCCCCCC(=O)OCC(COC(=O)CCCCCCC/C=C\C/C=C\CCCC)OC(=O)CCCCCCCCCCCCCCCCC. The van der Waals surface area contributed by atoms with Crippen molar-refractivity contribution in [2.75, 3.05) is 13.2 Å². The van der Waals surface area contributed by atoms with Gasteiger partial charge in [-0.05, 0) is 83.5 Å². The second-order valence-electron chi connectivity index (χ2n) is 19.9. The molecule has 0 aromatic heterocycles. The Morgan fingerprint density at radius 2 is 0.571 bits per heavy atom. The third-order valence-corrected chi connectivity index (χ3v) is 12.9. The monoisotopic (exact) mass is 977 g/mol. The van der Waals surface area contributed by atoms with Gasteiger partial charge in [0.15, 0.2) is 6.10 Å². The van der Waals surface area contributed by atoms with Crippen LogP contribution in [-0.2, 0) is 28.6 Å². The molecule has 0 aromatic rings. The molecule has 0 aromatic carbocycles. The molecule has 404 valence electrons. The highest BCUT2D eigenvalue weighted by Crippen LogP contribution is 2.16. The summed E-state index contributed by atoms with van der Waals surface area (Å²) in [5.41, 5.74) is 0. The van der Waals surface area contributed by atoms with E-state index in [4.69, 9.17) is 14.2 Å². The van der Waals surface area contributed by atoms with Gasteiger partial charge < -0.3 is 14.2 Å². The highest BCUT2D eigenvalue weighted by Gasteiger charge is 2.19. The van der Waals surface area contributed by atoms with Crippen LogP contribution in [0.1, 0.15) is 297 Å². The van der Waals surface area contributed by atoms with Gasteiger partial charge in [0.05, 0.1) is 0 Å². The Bertz CT molecular complexity index is 1310. The van der Waals surface area contributed by atoms with Crippen molar-refractivity contribution in [2.24, 2.45) is 0 Å². The molecule has 0 amide bonds. The maximum absolute atomic E-state index is 12.9. The van der Waals surface area contributed by atoms with Gasteiger partial charge in [0.2, 0.25) is 0 Å². The van der Waals surface area contributed by atoms with E-state index in [1.165, 1.54) is 154 Å². The van der Waals surface area contributed by atoms with E-state index < -0.39 is 6.10 Å². The molecular formula is C64H112O6. The number of carbonyl (C=O) groups excluding carboxylic acids is 3. The van der Waals surface area contributed by atoms with Gasteiger partial charge in [-0.3, -0.25) is 14.4 Å². The zero-order chi connectivity index (χ0) is 50.7. The number of unbranched alkanes of at least 4 members (excludes halogenated alkanes) is 31. The second-order valence-corrected chi connectivity index (χ2v) is 19.9. The fraction of sp³-hybridized carbons (Fsp3) is 0.766. The molecular weight excluding hydrogens is 865 g/mol. The highest BCUT2D eigenvalue weighted by atomic mass is 16.6. The lowest BCUT2D eigenvalue weighted by atomic mass is 10.0. The third-order valence-electron chi connectivity index (χ3n) is 12.9. The van der Waals surface area contributed by atoms with E-state index in [1.54, 1.807) is 0 Å². The predicted molar refractivity (Wildman–Crippen MR) is 302 cm³/mol. The smallest absolute Gasteiger partial charge is 0.306 e. The fourth-order valence-corrected chi connectivity index (χ4v) is 8.45. The van der Waals surface area contributed by atoms with Crippen LogP contribution in [0.3, 0.4) is 0 Å². The van der Waals surface area contributed by atoms with Gasteiger partial charge in [-0.2, -0.15) is 0 Å². The molecule has 0 aliphatic rings. The molecule has 0 heterocycles. The first kappa shape index (κ1) is 66.9. The average Bonchev–Trinajstić information content (AvgIpc) is 3.36. The van der Waals surface area contributed by atoms with E-state index in [9.17, 15) is 14.4 Å². The molecule has 0 radical (unpaired) electrons. The molecule has 6 heteroatoms. The topological polar surface area (TPSA) is 78.9 Å². The van der Waals surface area contributed by atoms with Crippen molar-refractivity contribution in [1.29, 1.82) is 0 Å². The standard InChI is InChI=1S/C64H112O6/c1-4-7-10-13-16-19-22-25-28-29-30-31-32-33-34-35-37-39-42-45-48-51-54-57-63(66)69-60-61(59-68-62(65)56-53-50-47-44-41-38-27-24-21-18-15-12-9-6-3)70-64(67)58-55-52-49-46-43-40-36-26-23-20-17-14-11-8-5-2/h7,10,15-16,18-19,24-25,27-28,30-31,61H,4-6,8-9,11-14,17,20-23,26,29,32-60H2,1-3H3/b10-7-,18-15-,19-16-,27-24-,28-25-,31-30-. The van der Waals surface area contributed by atoms with Crippen LogP contribution in [-0.4, -0.2) is 37.2 Å². The summed E-state index contributed by atoms with van der Waals surface area (Å²) in [5.74, 6) is -0.885. The zero-order valence-corrected chi connectivity index (χ0v) is 46.3. The average molecular weight is 978 g/mol. The Labute approximate surface area is 433 Å². The van der Waals surface area contributed by atoms with Gasteiger partial charge in [-0.1, -0.05) is 267 Å². The zero-order valence-electron chi connectivity index (χ0n) is 46.3. The number of carbonyl (C=O) groups is 3. The normalized spacial score (nSPS) is 12.6. The number of hydrogen-bond donors (Lipinski definition) is 0. The van der Waals surface area contributed by atoms with Gasteiger partial charge in [0.25, 0.3) is 0 Å². The van der Waals surface area contributed by atoms with Crippen LogP contribution in [0.15, 0.2) is 72.9 Å². The summed E-state index contributed by atoms with van der Waals surface area (Å²) < 4.78 is 16.9. The van der Waals surface area contributed by atoms with Crippen molar-refractivity contribution >= 4 is 17.9 Å². The minimum atomic E-state index is -0.781. The minimum absolute atomic E-state index is 0.0796. The number of rotatable bonds is 54. The van der Waals surface area contributed by atoms with Crippen LogP contribution in [0, 0.1) is 0 Å². The molecule has 0 rings (SSSR count). The molecule has 0 aliphatic heterocycles. The summed E-state index contributed by atoms with van der Waals surface area (Å²) in [7, 11) is 0. The quantitative estimate of drug-likeness (QED) is 0.0261. The minimum Gasteiger partial charge on any atom is -0.462 e. The molecule has 0 aliphatic carbocycles. The Morgan fingerprint density at radius 3 is 0.914 bits per heavy atom. The lowest BCUT2D eigenvalue weighted by Gasteiger charge is -2.18. The Balaban J connectivity index is 4.33. The van der Waals surface area contributed by atoms with Crippen LogP contribution >= 0.6 is 0 Å². The molecule has 0 spiro atoms. The van der Waals surface area contributed by atoms with Crippen LogP contribution in [0.4, 0.5) is 0 Å². The fourth-order valence-electron chi connectivity index (χ4n) is 8.45. The number of esters is 3. The maximum Gasteiger partial charge on any atom is 0.306 e. The maximum atomic E-state index is 12.9. The van der Waals surface area contributed by atoms with Gasteiger partial charge in [-0.25, -0.2) is 0 Å². The number of ether oxygens (including phenoxy) is 3. The summed E-state index contributed by atoms with van der Waals surface area (Å²) in [5, 5.41) is 0. The van der Waals surface area contributed by atoms with Crippen molar-refractivity contribution in [1.82, 2.24) is 0 Å². The molecule has 0 saturated heterocycles. The number of hydrogen-bond acceptors (Lipinski definition) is 6. The van der Waals surface area contributed by atoms with Gasteiger partial charge in [-0.15, -0.1) is 0 Å². The summed E-state index contributed by atoms with van der Waals surface area (Å²) in [4.78, 5) is 38.2. The van der Waals surface area contributed by atoms with Crippen molar-refractivity contribution in [3.8, 4) is 0 Å². The van der Waals surface area contributed by atoms with E-state index in [0.29, 0.717) is 19.3 Å². The molecule has 0 N–H and O–H groups in total. The highest BCUT2D eigenvalue weighted by molar-refractivity contribution is 5.71. The molecule has 0 bridgehead atoms. The van der Waals surface area contributed by atoms with Crippen molar-refractivity contribution in [2.45, 2.75) is 303 Å². The van der Waals surface area contributed by atoms with Crippen LogP contribution in [0.5, 0.6) is 0 Å². The van der Waals surface area contributed by atoms with Crippen LogP contribution in [0.2, 0.25) is 0 Å². The van der Waals surface area contributed by atoms with Gasteiger partial charge >= 0.3 is 17.9 Å². The lowest BCUT2D eigenvalue weighted by molar-refractivity contribution is -0.167. The van der Waals surface area contributed by atoms with Crippen molar-refractivity contribution < 1.29 is 28.6 Å². The molecule has 1 atom stereocenters. The van der Waals surface area contributed by atoms with Crippen molar-refractivity contribution in [3.63, 3.8) is 0 Å². The molecule has 0 saturated carbocycles. The molecule has 6 nitrogen and oxygen atoms in total. The first-order chi connectivity index (χ1) is 34.5. The van der Waals surface area contributed by atoms with E-state index in [2.05, 4.69) is 93.7 Å². The summed E-state index contributed by atoms with van der Waals surface area (Å²) >= 11 is 0.